The highest BCUT2D eigenvalue weighted by molar-refractivity contribution is 8.00. The highest BCUT2D eigenvalue weighted by Gasteiger charge is 2.38. The third-order valence-electron chi connectivity index (χ3n) is 0.841. The Morgan fingerprint density at radius 3 is 2.33 bits per heavy atom. The number of amides is 1. The van der Waals surface area contributed by atoms with Crippen molar-refractivity contribution in [2.75, 3.05) is 11.5 Å². The van der Waals surface area contributed by atoms with Crippen LogP contribution in [-0.4, -0.2) is 34.4 Å². The number of thioether (sulfide) groups is 1. The van der Waals surface area contributed by atoms with Crippen molar-refractivity contribution in [3.8, 4) is 0 Å². The van der Waals surface area contributed by atoms with Crippen LogP contribution in [0.1, 0.15) is 0 Å². The van der Waals surface area contributed by atoms with E-state index in [9.17, 15) is 18.4 Å². The first-order valence-electron chi connectivity index (χ1n) is 2.83. The first kappa shape index (κ1) is 11.2. The van der Waals surface area contributed by atoms with Crippen LogP contribution in [0.15, 0.2) is 0 Å². The number of nitrogens with two attached hydrogens (primary N) is 1. The summed E-state index contributed by atoms with van der Waals surface area (Å²) in [4.78, 5) is 19.9. The molecule has 0 atom stereocenters. The molecule has 0 aliphatic heterocycles. The fourth-order valence-corrected chi connectivity index (χ4v) is 1.02. The number of rotatable bonds is 5. The van der Waals surface area contributed by atoms with Crippen LogP contribution in [-0.2, 0) is 9.59 Å². The van der Waals surface area contributed by atoms with Gasteiger partial charge in [-0.15, -0.1) is 11.8 Å². The van der Waals surface area contributed by atoms with E-state index < -0.39 is 23.6 Å². The van der Waals surface area contributed by atoms with E-state index in [0.29, 0.717) is 11.8 Å². The lowest BCUT2D eigenvalue weighted by Crippen LogP contribution is -2.31. The number of carbonyl (C=O) groups is 2. The molecule has 0 saturated carbocycles. The third-order valence-corrected chi connectivity index (χ3v) is 1.90. The monoisotopic (exact) mass is 199 g/mol. The highest BCUT2D eigenvalue weighted by atomic mass is 32.2. The Balaban J connectivity index is 3.76. The topological polar surface area (TPSA) is 80.4 Å². The summed E-state index contributed by atoms with van der Waals surface area (Å²) in [6.07, 6.45) is 0. The number of halogens is 2. The molecule has 0 radical (unpaired) electrons. The van der Waals surface area contributed by atoms with Gasteiger partial charge in [-0.2, -0.15) is 8.78 Å². The molecule has 70 valence electrons. The minimum atomic E-state index is -3.79. The van der Waals surface area contributed by atoms with Crippen LogP contribution in [0, 0.1) is 0 Å². The molecule has 0 rings (SSSR count). The minimum absolute atomic E-state index is 0.303. The normalized spacial score (nSPS) is 11.2. The van der Waals surface area contributed by atoms with Gasteiger partial charge in [-0.1, -0.05) is 0 Å². The van der Waals surface area contributed by atoms with Crippen molar-refractivity contribution in [3.05, 3.63) is 0 Å². The molecule has 0 fully saturated rings. The number of carboxylic acid groups (broad SMARTS) is 1. The maximum atomic E-state index is 12.2. The summed E-state index contributed by atoms with van der Waals surface area (Å²) in [6.45, 7) is 0. The summed E-state index contributed by atoms with van der Waals surface area (Å²) in [7, 11) is 0. The zero-order valence-electron chi connectivity index (χ0n) is 5.92. The number of primary amides is 1. The van der Waals surface area contributed by atoms with Crippen molar-refractivity contribution in [3.63, 3.8) is 0 Å². The van der Waals surface area contributed by atoms with Crippen molar-refractivity contribution >= 4 is 23.6 Å². The molecule has 0 unspecified atom stereocenters. The summed E-state index contributed by atoms with van der Waals surface area (Å²) in [5, 5.41) is 7.93. The Kier molecular flexibility index (Phi) is 3.94. The largest absolute Gasteiger partial charge is 0.477 e. The van der Waals surface area contributed by atoms with Gasteiger partial charge < -0.3 is 10.8 Å². The predicted molar refractivity (Wildman–Crippen MR) is 39.1 cm³/mol. The van der Waals surface area contributed by atoms with Gasteiger partial charge in [0.05, 0.1) is 11.5 Å². The van der Waals surface area contributed by atoms with Crippen LogP contribution >= 0.6 is 11.8 Å². The molecule has 0 spiro atoms. The predicted octanol–water partition coefficient (Wildman–Crippen LogP) is -0.0752. The quantitative estimate of drug-likeness (QED) is 0.649. The Morgan fingerprint density at radius 1 is 1.50 bits per heavy atom. The lowest BCUT2D eigenvalue weighted by Gasteiger charge is -2.08. The molecule has 0 heterocycles. The van der Waals surface area contributed by atoms with Crippen LogP contribution in [0.25, 0.3) is 0 Å². The van der Waals surface area contributed by atoms with E-state index in [1.165, 1.54) is 0 Å². The average Bonchev–Trinajstić information content (AvgIpc) is 1.85. The Labute approximate surface area is 71.1 Å². The SMILES string of the molecule is NC(=O)CSCC(F)(F)C(=O)O. The van der Waals surface area contributed by atoms with Crippen LogP contribution in [0.2, 0.25) is 0 Å². The number of carboxylic acids is 1. The molecule has 0 aromatic rings. The molecular formula is C5H7F2NO3S. The number of aliphatic carboxylic acids is 1. The lowest BCUT2D eigenvalue weighted by molar-refractivity contribution is -0.161. The molecule has 0 aromatic heterocycles. The molecule has 0 saturated heterocycles. The van der Waals surface area contributed by atoms with Crippen molar-refractivity contribution < 1.29 is 23.5 Å². The lowest BCUT2D eigenvalue weighted by atomic mass is 10.4. The number of hydrogen-bond donors (Lipinski definition) is 2. The van der Waals surface area contributed by atoms with E-state index in [4.69, 9.17) is 5.11 Å². The molecule has 4 nitrogen and oxygen atoms in total. The van der Waals surface area contributed by atoms with Gasteiger partial charge in [0.2, 0.25) is 5.91 Å². The molecule has 1 amide bonds. The van der Waals surface area contributed by atoms with Crippen molar-refractivity contribution in [2.24, 2.45) is 5.73 Å². The molecule has 0 aliphatic rings. The van der Waals surface area contributed by atoms with Gasteiger partial charge in [0.1, 0.15) is 0 Å². The smallest absolute Gasteiger partial charge is 0.375 e. The second-order valence-electron chi connectivity index (χ2n) is 1.97. The van der Waals surface area contributed by atoms with E-state index in [0.717, 1.165) is 0 Å². The van der Waals surface area contributed by atoms with E-state index in [2.05, 4.69) is 5.73 Å². The van der Waals surface area contributed by atoms with Gasteiger partial charge in [-0.05, 0) is 0 Å². The van der Waals surface area contributed by atoms with Crippen molar-refractivity contribution in [2.45, 2.75) is 5.92 Å². The zero-order chi connectivity index (χ0) is 9.78. The van der Waals surface area contributed by atoms with E-state index in [1.54, 1.807) is 0 Å². The summed E-state index contributed by atoms with van der Waals surface area (Å²) >= 11 is 0.491. The molecule has 3 N–H and O–H groups in total. The standard InChI is InChI=1S/C5H7F2NO3S/c6-5(7,4(10)11)2-12-1-3(8)9/h1-2H2,(H2,8,9)(H,10,11). The van der Waals surface area contributed by atoms with E-state index in [1.807, 2.05) is 0 Å². The third kappa shape index (κ3) is 4.12. The Morgan fingerprint density at radius 2 is 2.00 bits per heavy atom. The summed E-state index contributed by atoms with van der Waals surface area (Å²) < 4.78 is 24.4. The molecule has 0 bridgehead atoms. The fourth-order valence-electron chi connectivity index (χ4n) is 0.342. The van der Waals surface area contributed by atoms with Crippen LogP contribution in [0.3, 0.4) is 0 Å². The van der Waals surface area contributed by atoms with Crippen molar-refractivity contribution in [1.29, 1.82) is 0 Å². The number of hydrogen-bond acceptors (Lipinski definition) is 3. The molecule has 12 heavy (non-hydrogen) atoms. The van der Waals surface area contributed by atoms with E-state index >= 15 is 0 Å². The van der Waals surface area contributed by atoms with Gasteiger partial charge in [-0.25, -0.2) is 4.79 Å². The van der Waals surface area contributed by atoms with Gasteiger partial charge in [0.15, 0.2) is 0 Å². The number of alkyl halides is 2. The number of carbonyl (C=O) groups excluding carboxylic acids is 1. The molecular weight excluding hydrogens is 192 g/mol. The van der Waals surface area contributed by atoms with Crippen LogP contribution in [0.5, 0.6) is 0 Å². The Hall–Kier alpha value is -0.850. The zero-order valence-corrected chi connectivity index (χ0v) is 6.74. The summed E-state index contributed by atoms with van der Waals surface area (Å²) in [6, 6.07) is 0. The first-order valence-corrected chi connectivity index (χ1v) is 3.99. The molecule has 0 aliphatic carbocycles. The maximum Gasteiger partial charge on any atom is 0.375 e. The van der Waals surface area contributed by atoms with Crippen molar-refractivity contribution in [1.82, 2.24) is 0 Å². The van der Waals surface area contributed by atoms with Crippen LogP contribution in [0.4, 0.5) is 8.78 Å². The van der Waals surface area contributed by atoms with Gasteiger partial charge in [0, 0.05) is 0 Å². The second-order valence-corrected chi connectivity index (χ2v) is 2.95. The minimum Gasteiger partial charge on any atom is -0.477 e. The summed E-state index contributed by atoms with van der Waals surface area (Å²) in [5.74, 6) is -7.98. The van der Waals surface area contributed by atoms with Gasteiger partial charge >= 0.3 is 11.9 Å². The molecule has 0 aromatic carbocycles. The Bertz CT molecular complexity index is 197. The fraction of sp³-hybridized carbons (Fsp3) is 0.600. The van der Waals surface area contributed by atoms with Gasteiger partial charge in [-0.3, -0.25) is 4.79 Å². The first-order chi connectivity index (χ1) is 5.36. The van der Waals surface area contributed by atoms with E-state index in [-0.39, 0.29) is 5.75 Å². The average molecular weight is 199 g/mol. The van der Waals surface area contributed by atoms with Gasteiger partial charge in [0.25, 0.3) is 0 Å². The maximum absolute atomic E-state index is 12.2. The summed E-state index contributed by atoms with van der Waals surface area (Å²) in [5.41, 5.74) is 4.65. The molecule has 7 heteroatoms. The van der Waals surface area contributed by atoms with Crippen LogP contribution < -0.4 is 5.73 Å². The highest BCUT2D eigenvalue weighted by Crippen LogP contribution is 2.19. The second kappa shape index (κ2) is 4.24.